The lowest BCUT2D eigenvalue weighted by Crippen LogP contribution is -2.29. The first-order valence-corrected chi connectivity index (χ1v) is 11.8. The first-order valence-electron chi connectivity index (χ1n) is 11.1. The highest BCUT2D eigenvalue weighted by Crippen LogP contribution is 2.29. The summed E-state index contributed by atoms with van der Waals surface area (Å²) in [5.41, 5.74) is 3.19. The molecule has 186 valence electrons. The van der Waals surface area contributed by atoms with Crippen molar-refractivity contribution in [1.82, 2.24) is 20.3 Å². The molecule has 2 aromatic carbocycles. The summed E-state index contributed by atoms with van der Waals surface area (Å²) < 4.78 is 0. The minimum absolute atomic E-state index is 0.0853. The second-order valence-electron chi connectivity index (χ2n) is 7.88. The quantitative estimate of drug-likeness (QED) is 0.252. The van der Waals surface area contributed by atoms with Gasteiger partial charge in [0.05, 0.1) is 26.8 Å². The van der Waals surface area contributed by atoms with Crippen LogP contribution in [0.2, 0.25) is 10.0 Å². The minimum Gasteiger partial charge on any atom is -0.480 e. The number of benzene rings is 2. The van der Waals surface area contributed by atoms with Gasteiger partial charge in [-0.2, -0.15) is 0 Å². The van der Waals surface area contributed by atoms with E-state index in [1.165, 1.54) is 17.7 Å². The summed E-state index contributed by atoms with van der Waals surface area (Å²) in [5.74, 6) is -0.944. The second-order valence-corrected chi connectivity index (χ2v) is 8.70. The number of hydrogen-bond acceptors (Lipinski definition) is 6. The van der Waals surface area contributed by atoms with E-state index < -0.39 is 18.4 Å². The SMILES string of the molecule is Cc1ccc(Nc2nccc3ccncc23)c2ncccc12.O=C(O)CNC(=O)c1c(Cl)cccc1Cl. The lowest BCUT2D eigenvalue weighted by molar-refractivity contribution is -0.135. The molecular formula is C27H21Cl2N5O3. The predicted molar refractivity (Wildman–Crippen MR) is 146 cm³/mol. The van der Waals surface area contributed by atoms with E-state index >= 15 is 0 Å². The van der Waals surface area contributed by atoms with Crippen molar-refractivity contribution in [3.05, 3.63) is 101 Å². The van der Waals surface area contributed by atoms with Crippen LogP contribution in [-0.4, -0.2) is 38.5 Å². The van der Waals surface area contributed by atoms with Gasteiger partial charge in [0, 0.05) is 35.6 Å². The molecule has 0 atom stereocenters. The average molecular weight is 534 g/mol. The number of nitrogens with zero attached hydrogens (tertiary/aromatic N) is 3. The average Bonchev–Trinajstić information content (AvgIpc) is 2.90. The number of hydrogen-bond donors (Lipinski definition) is 3. The van der Waals surface area contributed by atoms with Crippen LogP contribution in [0, 0.1) is 6.92 Å². The fraction of sp³-hybridized carbons (Fsp3) is 0.0741. The smallest absolute Gasteiger partial charge is 0.322 e. The fourth-order valence-corrected chi connectivity index (χ4v) is 4.18. The topological polar surface area (TPSA) is 117 Å². The van der Waals surface area contributed by atoms with E-state index in [4.69, 9.17) is 28.3 Å². The van der Waals surface area contributed by atoms with Gasteiger partial charge in [-0.1, -0.05) is 41.4 Å². The molecule has 0 radical (unpaired) electrons. The Morgan fingerprint density at radius 1 is 0.892 bits per heavy atom. The van der Waals surface area contributed by atoms with Gasteiger partial charge < -0.3 is 15.7 Å². The Kier molecular flexibility index (Phi) is 8.12. The van der Waals surface area contributed by atoms with E-state index in [1.54, 1.807) is 18.5 Å². The normalized spacial score (nSPS) is 10.5. The summed E-state index contributed by atoms with van der Waals surface area (Å²) in [5, 5.41) is 17.6. The number of rotatable bonds is 5. The molecule has 3 heterocycles. The summed E-state index contributed by atoms with van der Waals surface area (Å²) in [4.78, 5) is 34.8. The van der Waals surface area contributed by atoms with Crippen molar-refractivity contribution in [2.75, 3.05) is 11.9 Å². The van der Waals surface area contributed by atoms with E-state index in [-0.39, 0.29) is 15.6 Å². The number of carbonyl (C=O) groups excluding carboxylic acids is 1. The standard InChI is InChI=1S/C18H14N4.C9H7Cl2NO3/c1-12-4-5-16(17-14(12)3-2-8-20-17)22-18-15-11-19-9-6-13(15)7-10-21-18;10-5-2-1-3-6(11)8(5)9(15)12-4-7(13)14/h2-11H,1H3,(H,21,22);1-3H,4H2,(H,12,15)(H,13,14). The molecule has 0 unspecified atom stereocenters. The van der Waals surface area contributed by atoms with Crippen molar-refractivity contribution in [3.63, 3.8) is 0 Å². The lowest BCUT2D eigenvalue weighted by atomic mass is 10.1. The zero-order valence-corrected chi connectivity index (χ0v) is 21.1. The molecule has 5 rings (SSSR count). The van der Waals surface area contributed by atoms with Gasteiger partial charge in [0.2, 0.25) is 0 Å². The Hall–Kier alpha value is -4.27. The van der Waals surface area contributed by atoms with Gasteiger partial charge in [0.25, 0.3) is 5.91 Å². The molecule has 0 spiro atoms. The highest BCUT2D eigenvalue weighted by Gasteiger charge is 2.14. The van der Waals surface area contributed by atoms with Crippen molar-refractivity contribution in [2.45, 2.75) is 6.92 Å². The zero-order chi connectivity index (χ0) is 26.4. The molecule has 1 amide bonds. The maximum atomic E-state index is 11.4. The van der Waals surface area contributed by atoms with Crippen LogP contribution in [0.5, 0.6) is 0 Å². The summed E-state index contributed by atoms with van der Waals surface area (Å²) >= 11 is 11.5. The number of aliphatic carboxylic acids is 1. The lowest BCUT2D eigenvalue weighted by Gasteiger charge is -2.11. The Labute approximate surface area is 222 Å². The number of carboxylic acid groups (broad SMARTS) is 1. The molecule has 0 fully saturated rings. The number of carboxylic acids is 1. The summed E-state index contributed by atoms with van der Waals surface area (Å²) in [6.45, 7) is 1.62. The number of aromatic nitrogens is 3. The van der Waals surface area contributed by atoms with Crippen LogP contribution >= 0.6 is 23.2 Å². The molecule has 3 aromatic heterocycles. The Balaban J connectivity index is 0.000000188. The maximum absolute atomic E-state index is 11.4. The van der Waals surface area contributed by atoms with Crippen LogP contribution in [0.3, 0.4) is 0 Å². The van der Waals surface area contributed by atoms with Crippen LogP contribution < -0.4 is 10.6 Å². The molecule has 0 aliphatic carbocycles. The maximum Gasteiger partial charge on any atom is 0.322 e. The van der Waals surface area contributed by atoms with Gasteiger partial charge in [0.15, 0.2) is 0 Å². The third kappa shape index (κ3) is 6.11. The van der Waals surface area contributed by atoms with E-state index in [0.29, 0.717) is 0 Å². The summed E-state index contributed by atoms with van der Waals surface area (Å²) in [6, 6.07) is 16.7. The Morgan fingerprint density at radius 2 is 1.65 bits per heavy atom. The molecular weight excluding hydrogens is 513 g/mol. The van der Waals surface area contributed by atoms with Crippen molar-refractivity contribution < 1.29 is 14.7 Å². The molecule has 5 aromatic rings. The van der Waals surface area contributed by atoms with Crippen molar-refractivity contribution in [1.29, 1.82) is 0 Å². The third-order valence-electron chi connectivity index (χ3n) is 5.40. The molecule has 3 N–H and O–H groups in total. The van der Waals surface area contributed by atoms with Gasteiger partial charge in [-0.05, 0) is 54.3 Å². The first-order chi connectivity index (χ1) is 17.8. The summed E-state index contributed by atoms with van der Waals surface area (Å²) in [6.07, 6.45) is 7.23. The molecule has 10 heteroatoms. The van der Waals surface area contributed by atoms with Crippen LogP contribution in [-0.2, 0) is 4.79 Å². The Morgan fingerprint density at radius 3 is 2.41 bits per heavy atom. The highest BCUT2D eigenvalue weighted by molar-refractivity contribution is 6.39. The molecule has 0 bridgehead atoms. The number of anilines is 2. The van der Waals surface area contributed by atoms with Crippen LogP contribution in [0.4, 0.5) is 11.5 Å². The van der Waals surface area contributed by atoms with Gasteiger partial charge in [-0.15, -0.1) is 0 Å². The van der Waals surface area contributed by atoms with Crippen LogP contribution in [0.25, 0.3) is 21.7 Å². The van der Waals surface area contributed by atoms with Crippen LogP contribution in [0.15, 0.2) is 79.4 Å². The monoisotopic (exact) mass is 533 g/mol. The number of nitrogens with one attached hydrogen (secondary N) is 2. The molecule has 37 heavy (non-hydrogen) atoms. The summed E-state index contributed by atoms with van der Waals surface area (Å²) in [7, 11) is 0. The van der Waals surface area contributed by atoms with Crippen molar-refractivity contribution in [2.24, 2.45) is 0 Å². The van der Waals surface area contributed by atoms with E-state index in [2.05, 4.69) is 44.6 Å². The van der Waals surface area contributed by atoms with Crippen molar-refractivity contribution >= 4 is 68.3 Å². The largest absolute Gasteiger partial charge is 0.480 e. The molecule has 0 aliphatic rings. The van der Waals surface area contributed by atoms with Gasteiger partial charge >= 0.3 is 5.97 Å². The number of pyridine rings is 3. The number of halogens is 2. The number of amides is 1. The molecule has 8 nitrogen and oxygen atoms in total. The van der Waals surface area contributed by atoms with Crippen LogP contribution in [0.1, 0.15) is 15.9 Å². The van der Waals surface area contributed by atoms with Gasteiger partial charge in [0.1, 0.15) is 12.4 Å². The minimum atomic E-state index is -1.13. The fourth-order valence-electron chi connectivity index (χ4n) is 3.61. The number of fused-ring (bicyclic) bond motifs is 2. The van der Waals surface area contributed by atoms with E-state index in [1.807, 2.05) is 36.7 Å². The van der Waals surface area contributed by atoms with Gasteiger partial charge in [-0.3, -0.25) is 19.6 Å². The number of carbonyl (C=O) groups is 2. The molecule has 0 saturated heterocycles. The highest BCUT2D eigenvalue weighted by atomic mass is 35.5. The third-order valence-corrected chi connectivity index (χ3v) is 6.03. The molecule has 0 aliphatic heterocycles. The zero-order valence-electron chi connectivity index (χ0n) is 19.6. The van der Waals surface area contributed by atoms with Gasteiger partial charge in [-0.25, -0.2) is 4.98 Å². The first kappa shape index (κ1) is 25.8. The van der Waals surface area contributed by atoms with Crippen molar-refractivity contribution in [3.8, 4) is 0 Å². The predicted octanol–water partition coefficient (Wildman–Crippen LogP) is 6.04. The van der Waals surface area contributed by atoms with E-state index in [0.717, 1.165) is 33.2 Å². The number of aryl methyl sites for hydroxylation is 1. The van der Waals surface area contributed by atoms with E-state index in [9.17, 15) is 9.59 Å². The Bertz CT molecular complexity index is 1580. The molecule has 0 saturated carbocycles. The second kappa shape index (κ2) is 11.6.